The zero-order valence-electron chi connectivity index (χ0n) is 28.2. The van der Waals surface area contributed by atoms with E-state index in [1.807, 2.05) is 66.7 Å². The Morgan fingerprint density at radius 3 is 2.08 bits per heavy atom. The van der Waals surface area contributed by atoms with Crippen LogP contribution in [0.5, 0.6) is 0 Å². The predicted octanol–water partition coefficient (Wildman–Crippen LogP) is 4.52. The maximum Gasteiger partial charge on any atom is 0.330 e. The predicted molar refractivity (Wildman–Crippen MR) is 187 cm³/mol. The van der Waals surface area contributed by atoms with Crippen molar-refractivity contribution < 1.29 is 23.4 Å². The molecule has 0 bridgehead atoms. The molecule has 0 amide bonds. The molecule has 1 aliphatic rings. The van der Waals surface area contributed by atoms with Gasteiger partial charge in [0.2, 0.25) is 0 Å². The van der Waals surface area contributed by atoms with E-state index in [1.165, 1.54) is 17.7 Å². The molecule has 5 rings (SSSR count). The molecule has 1 fully saturated rings. The van der Waals surface area contributed by atoms with E-state index in [0.717, 1.165) is 15.9 Å². The Kier molecular flexibility index (Phi) is 11.0. The lowest BCUT2D eigenvalue weighted by molar-refractivity contribution is -0.158. The maximum atomic E-state index is 13.1. The van der Waals surface area contributed by atoms with Gasteiger partial charge in [-0.25, -0.2) is 4.79 Å². The van der Waals surface area contributed by atoms with Gasteiger partial charge in [0.1, 0.15) is 12.2 Å². The van der Waals surface area contributed by atoms with E-state index in [4.69, 9.17) is 18.6 Å². The van der Waals surface area contributed by atoms with E-state index >= 15 is 0 Å². The second-order valence-electron chi connectivity index (χ2n) is 13.1. The molecule has 5 atom stereocenters. The van der Waals surface area contributed by atoms with Crippen LogP contribution in [-0.2, 0) is 30.0 Å². The molecule has 1 N–H and O–H groups in total. The Balaban J connectivity index is 1.60. The van der Waals surface area contributed by atoms with Gasteiger partial charge in [-0.3, -0.25) is 19.1 Å². The molecule has 2 heterocycles. The molecule has 4 aromatic rings. The third-order valence-electron chi connectivity index (χ3n) is 8.70. The number of H-pyrrole nitrogens is 1. The Bertz CT molecular complexity index is 1850. The fourth-order valence-corrected chi connectivity index (χ4v) is 11.1. The lowest BCUT2D eigenvalue weighted by Gasteiger charge is -2.44. The van der Waals surface area contributed by atoms with Crippen molar-refractivity contribution in [3.05, 3.63) is 140 Å². The second kappa shape index (κ2) is 15.2. The highest BCUT2D eigenvalue weighted by atomic mass is 28.4. The van der Waals surface area contributed by atoms with Crippen molar-refractivity contribution in [2.24, 2.45) is 5.11 Å². The van der Waals surface area contributed by atoms with Gasteiger partial charge < -0.3 is 18.6 Å². The number of esters is 1. The summed E-state index contributed by atoms with van der Waals surface area (Å²) in [5.74, 6) is -0.634. The summed E-state index contributed by atoms with van der Waals surface area (Å²) in [5, 5.41) is 5.85. The normalized spacial score (nSPS) is 19.9. The lowest BCUT2D eigenvalue weighted by atomic mass is 10.0. The molecule has 0 saturated carbocycles. The average molecular weight is 684 g/mol. The van der Waals surface area contributed by atoms with E-state index < -0.39 is 56.1 Å². The van der Waals surface area contributed by atoms with E-state index in [1.54, 1.807) is 6.92 Å². The monoisotopic (exact) mass is 683 g/mol. The molecule has 1 saturated heterocycles. The number of ether oxygens (including phenoxy) is 3. The summed E-state index contributed by atoms with van der Waals surface area (Å²) in [6, 6.07) is 28.5. The van der Waals surface area contributed by atoms with Crippen LogP contribution < -0.4 is 21.6 Å². The fraction of sp³-hybridized carbons (Fsp3) is 0.361. The van der Waals surface area contributed by atoms with Crippen molar-refractivity contribution >= 4 is 24.7 Å². The number of azide groups is 1. The number of aromatic amines is 1. The van der Waals surface area contributed by atoms with Crippen molar-refractivity contribution in [2.75, 3.05) is 6.61 Å². The van der Waals surface area contributed by atoms with Crippen molar-refractivity contribution in [1.29, 1.82) is 0 Å². The number of hydrogen-bond donors (Lipinski definition) is 1. The third-order valence-corrected chi connectivity index (χ3v) is 13.7. The molecule has 12 nitrogen and oxygen atoms in total. The van der Waals surface area contributed by atoms with Gasteiger partial charge in [0.15, 0.2) is 12.3 Å². The first kappa shape index (κ1) is 35.5. The van der Waals surface area contributed by atoms with Crippen LogP contribution in [0.15, 0.2) is 112 Å². The Hall–Kier alpha value is -4.78. The SMILES string of the molecule is CC(=O)O[C@@H]1[C@H](OCc2ccccc2)[C@@H]([C@@H](CO[Si](c2ccccc2)(c2ccccc2)C(C)(C)C)N=[N+]=[N-])O[C@H]1n1cc(C)c(=O)[nH]c1=O. The van der Waals surface area contributed by atoms with E-state index in [9.17, 15) is 19.9 Å². The van der Waals surface area contributed by atoms with Gasteiger partial charge in [-0.2, -0.15) is 0 Å². The first-order valence-electron chi connectivity index (χ1n) is 16.1. The largest absolute Gasteiger partial charge is 0.455 e. The van der Waals surface area contributed by atoms with Crippen LogP contribution in [0.4, 0.5) is 0 Å². The second-order valence-corrected chi connectivity index (χ2v) is 17.4. The summed E-state index contributed by atoms with van der Waals surface area (Å²) >= 11 is 0. The van der Waals surface area contributed by atoms with Crippen molar-refractivity contribution in [3.8, 4) is 0 Å². The highest BCUT2D eigenvalue weighted by Crippen LogP contribution is 2.39. The Morgan fingerprint density at radius 1 is 0.980 bits per heavy atom. The van der Waals surface area contributed by atoms with Crippen LogP contribution >= 0.6 is 0 Å². The first-order chi connectivity index (χ1) is 23.5. The minimum absolute atomic E-state index is 0.0771. The number of carbonyl (C=O) groups is 1. The molecular formula is C36H41N5O7Si. The topological polar surface area (TPSA) is 158 Å². The van der Waals surface area contributed by atoms with Crippen LogP contribution in [0.25, 0.3) is 10.4 Å². The molecule has 49 heavy (non-hydrogen) atoms. The van der Waals surface area contributed by atoms with Crippen LogP contribution in [0.1, 0.15) is 45.0 Å². The number of benzene rings is 3. The molecule has 0 unspecified atom stereocenters. The lowest BCUT2D eigenvalue weighted by Crippen LogP contribution is -2.67. The van der Waals surface area contributed by atoms with Gasteiger partial charge in [0.25, 0.3) is 13.9 Å². The number of hydrogen-bond acceptors (Lipinski definition) is 8. The van der Waals surface area contributed by atoms with Crippen LogP contribution in [-0.4, -0.2) is 54.8 Å². The van der Waals surface area contributed by atoms with Crippen LogP contribution in [0.2, 0.25) is 5.04 Å². The third kappa shape index (κ3) is 7.61. The molecule has 0 spiro atoms. The molecule has 0 aliphatic carbocycles. The smallest absolute Gasteiger partial charge is 0.330 e. The fourth-order valence-electron chi connectivity index (χ4n) is 6.48. The number of nitrogens with zero attached hydrogens (tertiary/aromatic N) is 4. The molecule has 1 aromatic heterocycles. The van der Waals surface area contributed by atoms with Crippen LogP contribution in [0, 0.1) is 6.92 Å². The number of rotatable bonds is 12. The van der Waals surface area contributed by atoms with E-state index in [2.05, 4.69) is 60.0 Å². The summed E-state index contributed by atoms with van der Waals surface area (Å²) in [6.45, 7) is 9.23. The molecular weight excluding hydrogens is 643 g/mol. The minimum atomic E-state index is -3.09. The van der Waals surface area contributed by atoms with E-state index in [0.29, 0.717) is 0 Å². The molecule has 256 valence electrons. The van der Waals surface area contributed by atoms with Crippen molar-refractivity contribution in [1.82, 2.24) is 9.55 Å². The summed E-state index contributed by atoms with van der Waals surface area (Å²) in [5.41, 5.74) is 9.63. The first-order valence-corrected chi connectivity index (χ1v) is 18.0. The quantitative estimate of drug-likeness (QED) is 0.0757. The summed E-state index contributed by atoms with van der Waals surface area (Å²) in [4.78, 5) is 43.3. The summed E-state index contributed by atoms with van der Waals surface area (Å²) in [7, 11) is -3.09. The molecule has 0 radical (unpaired) electrons. The van der Waals surface area contributed by atoms with Gasteiger partial charge in [-0.15, -0.1) is 0 Å². The number of aromatic nitrogens is 2. The highest BCUT2D eigenvalue weighted by Gasteiger charge is 2.54. The maximum absolute atomic E-state index is 13.1. The highest BCUT2D eigenvalue weighted by molar-refractivity contribution is 6.99. The zero-order valence-corrected chi connectivity index (χ0v) is 29.2. The van der Waals surface area contributed by atoms with Crippen molar-refractivity contribution in [3.63, 3.8) is 0 Å². The van der Waals surface area contributed by atoms with Crippen LogP contribution in [0.3, 0.4) is 0 Å². The summed E-state index contributed by atoms with van der Waals surface area (Å²) < 4.78 is 27.1. The molecule has 13 heteroatoms. The summed E-state index contributed by atoms with van der Waals surface area (Å²) in [6.07, 6.45) is -3.07. The Labute approximate surface area is 285 Å². The van der Waals surface area contributed by atoms with Gasteiger partial charge in [0.05, 0.1) is 12.6 Å². The van der Waals surface area contributed by atoms with Crippen molar-refractivity contribution in [2.45, 2.75) is 76.8 Å². The minimum Gasteiger partial charge on any atom is -0.455 e. The standard InChI is InChI=1S/C36H41N5O7Si/c1-24-21-41(35(44)38-33(24)43)34-32(47-25(2)42)31(45-22-26-15-9-6-10-16-26)30(48-34)29(39-40-37)23-46-49(36(3,4)5,27-17-11-7-12-18-27)28-19-13-8-14-20-28/h6-21,29-32,34H,22-23H2,1-5H3,(H,38,43,44)/t29-,30-,31-,32-,34-/m1/s1. The molecule has 3 aromatic carbocycles. The van der Waals surface area contributed by atoms with E-state index in [-0.39, 0.29) is 23.8 Å². The van der Waals surface area contributed by atoms with Gasteiger partial charge >= 0.3 is 11.7 Å². The van der Waals surface area contributed by atoms with Gasteiger partial charge in [-0.05, 0) is 33.4 Å². The Morgan fingerprint density at radius 2 is 1.55 bits per heavy atom. The average Bonchev–Trinajstić information content (AvgIpc) is 3.42. The number of aryl methyl sites for hydroxylation is 1. The van der Waals surface area contributed by atoms with Gasteiger partial charge in [-0.1, -0.05) is 117 Å². The van der Waals surface area contributed by atoms with Gasteiger partial charge in [0, 0.05) is 30.2 Å². The number of nitrogens with one attached hydrogen (secondary N) is 1. The molecule has 1 aliphatic heterocycles. The zero-order chi connectivity index (χ0) is 35.2. The number of carbonyl (C=O) groups excluding carboxylic acids is 1.